The number of nitriles is 1. The third-order valence-electron chi connectivity index (χ3n) is 3.54. The van der Waals surface area contributed by atoms with Crippen molar-refractivity contribution >= 4 is 5.69 Å². The quantitative estimate of drug-likeness (QED) is 0.835. The van der Waals surface area contributed by atoms with Gasteiger partial charge in [-0.3, -0.25) is 0 Å². The zero-order chi connectivity index (χ0) is 13.0. The minimum Gasteiger partial charge on any atom is -0.368 e. The molecule has 0 spiro atoms. The van der Waals surface area contributed by atoms with E-state index in [2.05, 4.69) is 42.2 Å². The smallest absolute Gasteiger partial charge is 0.0640 e. The van der Waals surface area contributed by atoms with E-state index in [1.807, 2.05) is 0 Å². The van der Waals surface area contributed by atoms with Crippen molar-refractivity contribution in [2.24, 2.45) is 5.73 Å². The van der Waals surface area contributed by atoms with E-state index in [1.54, 1.807) is 0 Å². The van der Waals surface area contributed by atoms with Crippen LogP contribution in [0.1, 0.15) is 44.2 Å². The summed E-state index contributed by atoms with van der Waals surface area (Å²) in [6.07, 6.45) is 4.05. The van der Waals surface area contributed by atoms with Crippen molar-refractivity contribution in [3.63, 3.8) is 0 Å². The monoisotopic (exact) mass is 243 g/mol. The Balaban J connectivity index is 2.08. The minimum atomic E-state index is 0.132. The maximum absolute atomic E-state index is 8.72. The standard InChI is InChI=1S/C15H21N3/c1-2-15(17)12-4-6-13(7-5-12)18(11-3-10-16)14-8-9-14/h4-7,14-15H,2-3,8-9,11,17H2,1H3/t15-/m0/s1. The molecule has 3 heteroatoms. The van der Waals surface area contributed by atoms with Crippen LogP contribution in [0.5, 0.6) is 0 Å². The van der Waals surface area contributed by atoms with Crippen molar-refractivity contribution in [3.05, 3.63) is 29.8 Å². The molecule has 2 rings (SSSR count). The lowest BCUT2D eigenvalue weighted by Gasteiger charge is -2.24. The van der Waals surface area contributed by atoms with E-state index in [0.717, 1.165) is 13.0 Å². The van der Waals surface area contributed by atoms with Crippen LogP contribution in [0.25, 0.3) is 0 Å². The molecular weight excluding hydrogens is 222 g/mol. The molecule has 0 amide bonds. The molecule has 0 saturated heterocycles. The molecule has 0 aromatic heterocycles. The second-order valence-electron chi connectivity index (χ2n) is 4.94. The summed E-state index contributed by atoms with van der Waals surface area (Å²) in [4.78, 5) is 2.35. The van der Waals surface area contributed by atoms with Crippen LogP contribution < -0.4 is 10.6 Å². The first-order valence-electron chi connectivity index (χ1n) is 6.75. The van der Waals surface area contributed by atoms with Gasteiger partial charge in [0.1, 0.15) is 0 Å². The lowest BCUT2D eigenvalue weighted by atomic mass is 10.0. The first-order valence-corrected chi connectivity index (χ1v) is 6.75. The number of nitrogens with two attached hydrogens (primary N) is 1. The van der Waals surface area contributed by atoms with Crippen LogP contribution in [0.3, 0.4) is 0 Å². The van der Waals surface area contributed by atoms with Crippen LogP contribution in [-0.4, -0.2) is 12.6 Å². The third kappa shape index (κ3) is 3.02. The van der Waals surface area contributed by atoms with E-state index in [0.29, 0.717) is 12.5 Å². The number of benzene rings is 1. The molecule has 0 radical (unpaired) electrons. The number of rotatable bonds is 6. The van der Waals surface area contributed by atoms with Gasteiger partial charge in [0.05, 0.1) is 12.5 Å². The average molecular weight is 243 g/mol. The van der Waals surface area contributed by atoms with Crippen LogP contribution in [0.15, 0.2) is 24.3 Å². The van der Waals surface area contributed by atoms with Crippen LogP contribution in [0, 0.1) is 11.3 Å². The maximum Gasteiger partial charge on any atom is 0.0640 e. The summed E-state index contributed by atoms with van der Waals surface area (Å²) < 4.78 is 0. The molecule has 3 nitrogen and oxygen atoms in total. The van der Waals surface area contributed by atoms with Crippen molar-refractivity contribution in [2.75, 3.05) is 11.4 Å². The van der Waals surface area contributed by atoms with Crippen LogP contribution in [-0.2, 0) is 0 Å². The van der Waals surface area contributed by atoms with Crippen LogP contribution in [0.4, 0.5) is 5.69 Å². The topological polar surface area (TPSA) is 53.0 Å². The molecule has 1 fully saturated rings. The van der Waals surface area contributed by atoms with Gasteiger partial charge in [-0.25, -0.2) is 0 Å². The van der Waals surface area contributed by atoms with Crippen LogP contribution >= 0.6 is 0 Å². The lowest BCUT2D eigenvalue weighted by molar-refractivity contribution is 0.698. The van der Waals surface area contributed by atoms with Gasteiger partial charge in [0.2, 0.25) is 0 Å². The first kappa shape index (κ1) is 12.9. The first-order chi connectivity index (χ1) is 8.76. The van der Waals surface area contributed by atoms with Gasteiger partial charge < -0.3 is 10.6 Å². The Bertz CT molecular complexity index is 414. The summed E-state index contributed by atoms with van der Waals surface area (Å²) in [5, 5.41) is 8.72. The number of anilines is 1. The molecule has 0 unspecified atom stereocenters. The summed E-state index contributed by atoms with van der Waals surface area (Å²) in [7, 11) is 0. The van der Waals surface area contributed by atoms with Crippen molar-refractivity contribution in [3.8, 4) is 6.07 Å². The second kappa shape index (κ2) is 5.88. The predicted molar refractivity (Wildman–Crippen MR) is 74.3 cm³/mol. The maximum atomic E-state index is 8.72. The number of hydrogen-bond donors (Lipinski definition) is 1. The normalized spacial score (nSPS) is 16.1. The summed E-state index contributed by atoms with van der Waals surface area (Å²) in [6, 6.07) is 11.5. The summed E-state index contributed by atoms with van der Waals surface area (Å²) in [6.45, 7) is 2.93. The Morgan fingerprint density at radius 2 is 2.06 bits per heavy atom. The van der Waals surface area contributed by atoms with E-state index >= 15 is 0 Å². The molecule has 1 aliphatic carbocycles. The van der Waals surface area contributed by atoms with Gasteiger partial charge in [-0.2, -0.15) is 5.26 Å². The van der Waals surface area contributed by atoms with Gasteiger partial charge in [-0.05, 0) is 37.0 Å². The van der Waals surface area contributed by atoms with Crippen molar-refractivity contribution in [2.45, 2.75) is 44.7 Å². The van der Waals surface area contributed by atoms with Gasteiger partial charge in [0, 0.05) is 24.3 Å². The second-order valence-corrected chi connectivity index (χ2v) is 4.94. The Morgan fingerprint density at radius 1 is 1.39 bits per heavy atom. The lowest BCUT2D eigenvalue weighted by Crippen LogP contribution is -2.26. The van der Waals surface area contributed by atoms with E-state index in [4.69, 9.17) is 11.0 Å². The SMILES string of the molecule is CC[C@H](N)c1ccc(N(CCC#N)C2CC2)cc1. The van der Waals surface area contributed by atoms with E-state index in [1.165, 1.54) is 24.1 Å². The molecule has 0 heterocycles. The summed E-state index contributed by atoms with van der Waals surface area (Å²) in [5.41, 5.74) is 8.43. The molecule has 2 N–H and O–H groups in total. The number of nitrogens with zero attached hydrogens (tertiary/aromatic N) is 2. The van der Waals surface area contributed by atoms with Gasteiger partial charge >= 0.3 is 0 Å². The predicted octanol–water partition coefficient (Wildman–Crippen LogP) is 2.98. The molecule has 18 heavy (non-hydrogen) atoms. The van der Waals surface area contributed by atoms with Crippen LogP contribution in [0.2, 0.25) is 0 Å². The molecule has 0 aliphatic heterocycles. The largest absolute Gasteiger partial charge is 0.368 e. The fraction of sp³-hybridized carbons (Fsp3) is 0.533. The van der Waals surface area contributed by atoms with Crippen molar-refractivity contribution in [1.82, 2.24) is 0 Å². The molecule has 0 bridgehead atoms. The highest BCUT2D eigenvalue weighted by atomic mass is 15.2. The fourth-order valence-electron chi connectivity index (χ4n) is 2.23. The van der Waals surface area contributed by atoms with Gasteiger partial charge in [-0.15, -0.1) is 0 Å². The third-order valence-corrected chi connectivity index (χ3v) is 3.54. The van der Waals surface area contributed by atoms with E-state index in [-0.39, 0.29) is 6.04 Å². The van der Waals surface area contributed by atoms with E-state index < -0.39 is 0 Å². The average Bonchev–Trinajstić information content (AvgIpc) is 3.24. The Kier molecular flexibility index (Phi) is 4.22. The zero-order valence-corrected chi connectivity index (χ0v) is 11.0. The fourth-order valence-corrected chi connectivity index (χ4v) is 2.23. The molecule has 1 aromatic carbocycles. The highest BCUT2D eigenvalue weighted by Crippen LogP contribution is 2.32. The highest BCUT2D eigenvalue weighted by Gasteiger charge is 2.28. The molecular formula is C15H21N3. The Morgan fingerprint density at radius 3 is 2.56 bits per heavy atom. The van der Waals surface area contributed by atoms with Crippen molar-refractivity contribution < 1.29 is 0 Å². The molecule has 1 saturated carbocycles. The summed E-state index contributed by atoms with van der Waals surface area (Å²) in [5.74, 6) is 0. The van der Waals surface area contributed by atoms with E-state index in [9.17, 15) is 0 Å². The number of hydrogen-bond acceptors (Lipinski definition) is 3. The highest BCUT2D eigenvalue weighted by molar-refractivity contribution is 5.50. The van der Waals surface area contributed by atoms with Gasteiger partial charge in [-0.1, -0.05) is 19.1 Å². The van der Waals surface area contributed by atoms with Gasteiger partial charge in [0.25, 0.3) is 0 Å². The Hall–Kier alpha value is -1.53. The molecule has 1 atom stereocenters. The summed E-state index contributed by atoms with van der Waals surface area (Å²) >= 11 is 0. The Labute approximate surface area is 109 Å². The van der Waals surface area contributed by atoms with Gasteiger partial charge in [0.15, 0.2) is 0 Å². The molecule has 1 aliphatic rings. The zero-order valence-electron chi connectivity index (χ0n) is 11.0. The van der Waals surface area contributed by atoms with Crippen molar-refractivity contribution in [1.29, 1.82) is 5.26 Å². The minimum absolute atomic E-state index is 0.132. The molecule has 1 aromatic rings. The molecule has 96 valence electrons.